The van der Waals surface area contributed by atoms with Gasteiger partial charge in [-0.3, -0.25) is 4.99 Å². The van der Waals surface area contributed by atoms with Gasteiger partial charge in [0.05, 0.1) is 6.54 Å². The average Bonchev–Trinajstić information content (AvgIpc) is 3.25. The highest BCUT2D eigenvalue weighted by molar-refractivity contribution is 14.0. The fourth-order valence-electron chi connectivity index (χ4n) is 3.11. The van der Waals surface area contributed by atoms with Crippen molar-refractivity contribution in [2.75, 3.05) is 11.9 Å². The Hall–Kier alpha value is -1.70. The smallest absolute Gasteiger partial charge is 0.193 e. The number of nitrogens with two attached hydrogens (primary N) is 1. The van der Waals surface area contributed by atoms with Gasteiger partial charge in [-0.15, -0.1) is 24.0 Å². The number of guanidine groups is 1. The first-order valence-corrected chi connectivity index (χ1v) is 7.99. The summed E-state index contributed by atoms with van der Waals surface area (Å²) in [6, 6.07) is 9.97. The largest absolute Gasteiger partial charge is 0.370 e. The van der Waals surface area contributed by atoms with Crippen LogP contribution in [0, 0.1) is 25.5 Å². The highest BCUT2D eigenvalue weighted by atomic mass is 127. The van der Waals surface area contributed by atoms with Gasteiger partial charge < -0.3 is 11.1 Å². The standard InChI is InChI=1S/C19H21F2N3.HI/c1-12-8-13(2)10-14(9-12)24-18(22)23-11-19(6-7-19)17-15(20)4-3-5-16(17)21;/h3-5,8-10H,6-7,11H2,1-2H3,(H3,22,23,24);1H. The fourth-order valence-corrected chi connectivity index (χ4v) is 3.11. The molecule has 0 atom stereocenters. The number of nitrogens with one attached hydrogen (secondary N) is 1. The van der Waals surface area contributed by atoms with Crippen LogP contribution in [-0.2, 0) is 5.41 Å². The molecule has 1 aliphatic carbocycles. The number of benzene rings is 2. The van der Waals surface area contributed by atoms with E-state index in [0.717, 1.165) is 16.8 Å². The maximum absolute atomic E-state index is 14.0. The van der Waals surface area contributed by atoms with Gasteiger partial charge in [-0.05, 0) is 62.1 Å². The minimum atomic E-state index is -0.565. The van der Waals surface area contributed by atoms with Gasteiger partial charge in [0.1, 0.15) is 11.6 Å². The Morgan fingerprint density at radius 3 is 2.20 bits per heavy atom. The predicted octanol–water partition coefficient (Wildman–Crippen LogP) is 4.66. The van der Waals surface area contributed by atoms with Crippen molar-refractivity contribution < 1.29 is 8.78 Å². The predicted molar refractivity (Wildman–Crippen MR) is 109 cm³/mol. The Bertz CT molecular complexity index is 761. The van der Waals surface area contributed by atoms with E-state index in [-0.39, 0.29) is 42.0 Å². The zero-order valence-corrected chi connectivity index (χ0v) is 16.6. The third-order valence-corrected chi connectivity index (χ3v) is 4.39. The van der Waals surface area contributed by atoms with E-state index in [1.54, 1.807) is 0 Å². The number of nitrogens with zero attached hydrogens (tertiary/aromatic N) is 1. The molecular formula is C19H22F2IN3. The van der Waals surface area contributed by atoms with Gasteiger partial charge in [0.2, 0.25) is 0 Å². The van der Waals surface area contributed by atoms with E-state index < -0.39 is 17.0 Å². The summed E-state index contributed by atoms with van der Waals surface area (Å²) in [4.78, 5) is 4.32. The monoisotopic (exact) mass is 457 g/mol. The quantitative estimate of drug-likeness (QED) is 0.399. The third kappa shape index (κ3) is 4.48. The molecule has 2 aromatic rings. The van der Waals surface area contributed by atoms with Crippen molar-refractivity contribution in [1.29, 1.82) is 0 Å². The first-order chi connectivity index (χ1) is 11.4. The van der Waals surface area contributed by atoms with E-state index in [1.807, 2.05) is 26.0 Å². The molecule has 3 nitrogen and oxygen atoms in total. The molecule has 0 aromatic heterocycles. The lowest BCUT2D eigenvalue weighted by Gasteiger charge is -2.16. The van der Waals surface area contributed by atoms with Crippen LogP contribution in [0.2, 0.25) is 0 Å². The van der Waals surface area contributed by atoms with Crippen molar-refractivity contribution in [3.8, 4) is 0 Å². The molecular weight excluding hydrogens is 435 g/mol. The van der Waals surface area contributed by atoms with Crippen LogP contribution in [0.1, 0.15) is 29.5 Å². The SMILES string of the molecule is Cc1cc(C)cc(NC(N)=NCC2(c3c(F)cccc3F)CC2)c1.I. The molecule has 0 aliphatic heterocycles. The van der Waals surface area contributed by atoms with Crippen molar-refractivity contribution in [2.24, 2.45) is 10.7 Å². The number of anilines is 1. The summed E-state index contributed by atoms with van der Waals surface area (Å²) in [6.07, 6.45) is 1.43. The number of aliphatic imine (C=N–C) groups is 1. The van der Waals surface area contributed by atoms with Crippen molar-refractivity contribution in [1.82, 2.24) is 0 Å². The van der Waals surface area contributed by atoms with Crippen LogP contribution in [0.4, 0.5) is 14.5 Å². The summed E-state index contributed by atoms with van der Waals surface area (Å²) >= 11 is 0. The first kappa shape index (κ1) is 19.6. The first-order valence-electron chi connectivity index (χ1n) is 7.99. The van der Waals surface area contributed by atoms with Gasteiger partial charge in [0, 0.05) is 16.7 Å². The zero-order valence-electron chi connectivity index (χ0n) is 14.3. The molecule has 1 fully saturated rings. The van der Waals surface area contributed by atoms with E-state index >= 15 is 0 Å². The minimum Gasteiger partial charge on any atom is -0.370 e. The summed E-state index contributed by atoms with van der Waals surface area (Å²) in [7, 11) is 0. The maximum atomic E-state index is 14.0. The lowest BCUT2D eigenvalue weighted by atomic mass is 9.95. The Morgan fingerprint density at radius 2 is 1.68 bits per heavy atom. The molecule has 25 heavy (non-hydrogen) atoms. The van der Waals surface area contributed by atoms with Crippen LogP contribution in [0.3, 0.4) is 0 Å². The molecule has 134 valence electrons. The number of halogens is 3. The second-order valence-electron chi connectivity index (χ2n) is 6.58. The Labute approximate surface area is 163 Å². The van der Waals surface area contributed by atoms with Crippen LogP contribution in [0.25, 0.3) is 0 Å². The van der Waals surface area contributed by atoms with Crippen LogP contribution < -0.4 is 11.1 Å². The van der Waals surface area contributed by atoms with Gasteiger partial charge in [-0.25, -0.2) is 8.78 Å². The van der Waals surface area contributed by atoms with Crippen LogP contribution in [0.15, 0.2) is 41.4 Å². The summed E-state index contributed by atoms with van der Waals surface area (Å²) < 4.78 is 28.0. The van der Waals surface area contributed by atoms with E-state index in [0.29, 0.717) is 12.8 Å². The highest BCUT2D eigenvalue weighted by Crippen LogP contribution is 2.50. The summed E-state index contributed by atoms with van der Waals surface area (Å²) in [5.41, 5.74) is 8.62. The second-order valence-corrected chi connectivity index (χ2v) is 6.58. The molecule has 0 bridgehead atoms. The zero-order chi connectivity index (χ0) is 17.3. The van der Waals surface area contributed by atoms with Gasteiger partial charge in [0.15, 0.2) is 5.96 Å². The van der Waals surface area contributed by atoms with Crippen molar-refractivity contribution >= 4 is 35.6 Å². The number of rotatable bonds is 4. The summed E-state index contributed by atoms with van der Waals surface area (Å²) in [6.45, 7) is 4.28. The third-order valence-electron chi connectivity index (χ3n) is 4.39. The van der Waals surface area contributed by atoms with E-state index in [1.165, 1.54) is 18.2 Å². The van der Waals surface area contributed by atoms with Gasteiger partial charge in [-0.2, -0.15) is 0 Å². The van der Waals surface area contributed by atoms with Crippen LogP contribution in [-0.4, -0.2) is 12.5 Å². The normalized spacial score (nSPS) is 15.4. The molecule has 0 unspecified atom stereocenters. The Morgan fingerprint density at radius 1 is 1.12 bits per heavy atom. The van der Waals surface area contributed by atoms with Gasteiger partial charge in [-0.1, -0.05) is 12.1 Å². The maximum Gasteiger partial charge on any atom is 0.193 e. The van der Waals surface area contributed by atoms with Crippen LogP contribution in [0.5, 0.6) is 0 Å². The Balaban J connectivity index is 0.00000225. The molecule has 0 saturated heterocycles. The molecule has 6 heteroatoms. The number of hydrogen-bond acceptors (Lipinski definition) is 1. The van der Waals surface area contributed by atoms with Crippen molar-refractivity contribution in [2.45, 2.75) is 32.1 Å². The number of hydrogen-bond donors (Lipinski definition) is 2. The highest BCUT2D eigenvalue weighted by Gasteiger charge is 2.47. The van der Waals surface area contributed by atoms with Crippen molar-refractivity contribution in [3.63, 3.8) is 0 Å². The molecule has 0 radical (unpaired) electrons. The summed E-state index contributed by atoms with van der Waals surface area (Å²) in [5.74, 6) is -0.768. The number of aryl methyl sites for hydroxylation is 2. The second kappa shape index (κ2) is 7.68. The van der Waals surface area contributed by atoms with Crippen molar-refractivity contribution in [3.05, 3.63) is 64.7 Å². The molecule has 2 aromatic carbocycles. The molecule has 0 amide bonds. The lowest BCUT2D eigenvalue weighted by molar-refractivity contribution is 0.517. The molecule has 0 spiro atoms. The Kier molecular flexibility index (Phi) is 6.03. The summed E-state index contributed by atoms with van der Waals surface area (Å²) in [5, 5.41) is 3.04. The molecule has 1 saturated carbocycles. The van der Waals surface area contributed by atoms with E-state index in [9.17, 15) is 8.78 Å². The van der Waals surface area contributed by atoms with Gasteiger partial charge in [0.25, 0.3) is 0 Å². The van der Waals surface area contributed by atoms with Crippen LogP contribution >= 0.6 is 24.0 Å². The minimum absolute atomic E-state index is 0. The van der Waals surface area contributed by atoms with E-state index in [4.69, 9.17) is 5.73 Å². The topological polar surface area (TPSA) is 50.4 Å². The molecule has 3 rings (SSSR count). The fraction of sp³-hybridized carbons (Fsp3) is 0.316. The van der Waals surface area contributed by atoms with E-state index in [2.05, 4.69) is 16.4 Å². The average molecular weight is 457 g/mol. The lowest BCUT2D eigenvalue weighted by Crippen LogP contribution is -2.25. The molecule has 0 heterocycles. The molecule has 3 N–H and O–H groups in total. The molecule has 1 aliphatic rings. The van der Waals surface area contributed by atoms with Gasteiger partial charge >= 0.3 is 0 Å².